The van der Waals surface area contributed by atoms with Gasteiger partial charge < -0.3 is 4.74 Å². The fourth-order valence-corrected chi connectivity index (χ4v) is 7.67. The molecule has 140 valence electrons. The van der Waals surface area contributed by atoms with E-state index in [2.05, 4.69) is 20.8 Å². The zero-order valence-corrected chi connectivity index (χ0v) is 16.3. The Hall–Kier alpha value is -0.860. The molecule has 25 heavy (non-hydrogen) atoms. The number of rotatable bonds is 1. The second-order valence-corrected chi connectivity index (χ2v) is 10.1. The van der Waals surface area contributed by atoms with Crippen LogP contribution in [-0.4, -0.2) is 17.9 Å². The summed E-state index contributed by atoms with van der Waals surface area (Å²) in [4.78, 5) is 24.1. The Morgan fingerprint density at radius 2 is 1.80 bits per heavy atom. The minimum Gasteiger partial charge on any atom is -0.463 e. The van der Waals surface area contributed by atoms with E-state index in [4.69, 9.17) is 4.74 Å². The standard InChI is InChI=1S/C22H34O3/c1-13-11-19-17-6-5-15-12-16(25-14(2)23)7-9-21(15,3)18(17)8-10-22(19,4)20(13)24/h13,15-19H,5-12H2,1-4H3/t13-,15-,16+,17+,18-,19-,21-,22-/m0/s1. The molecular weight excluding hydrogens is 312 g/mol. The van der Waals surface area contributed by atoms with Gasteiger partial charge in [0.15, 0.2) is 0 Å². The summed E-state index contributed by atoms with van der Waals surface area (Å²) in [6.07, 6.45) is 9.36. The van der Waals surface area contributed by atoms with Crippen LogP contribution in [0.5, 0.6) is 0 Å². The normalized spacial score (nSPS) is 52.1. The summed E-state index contributed by atoms with van der Waals surface area (Å²) in [5.41, 5.74) is 0.342. The summed E-state index contributed by atoms with van der Waals surface area (Å²) >= 11 is 0. The minimum absolute atomic E-state index is 0.0429. The van der Waals surface area contributed by atoms with Crippen LogP contribution < -0.4 is 0 Å². The third-order valence-electron chi connectivity index (χ3n) is 8.96. The molecule has 8 atom stereocenters. The van der Waals surface area contributed by atoms with Crippen molar-refractivity contribution in [1.29, 1.82) is 0 Å². The number of carbonyl (C=O) groups excluding carboxylic acids is 2. The molecule has 4 rings (SSSR count). The molecule has 0 unspecified atom stereocenters. The fourth-order valence-electron chi connectivity index (χ4n) is 7.67. The molecule has 0 heterocycles. The van der Waals surface area contributed by atoms with E-state index in [1.165, 1.54) is 32.6 Å². The van der Waals surface area contributed by atoms with Crippen molar-refractivity contribution in [2.45, 2.75) is 85.2 Å². The van der Waals surface area contributed by atoms with Crippen LogP contribution in [-0.2, 0) is 14.3 Å². The number of carbonyl (C=O) groups is 2. The number of hydrogen-bond donors (Lipinski definition) is 0. The average molecular weight is 347 g/mol. The largest absolute Gasteiger partial charge is 0.463 e. The first-order valence-electron chi connectivity index (χ1n) is 10.5. The van der Waals surface area contributed by atoms with Crippen LogP contribution in [0.1, 0.15) is 79.1 Å². The molecule has 0 radical (unpaired) electrons. The van der Waals surface area contributed by atoms with Crippen molar-refractivity contribution in [2.24, 2.45) is 40.4 Å². The monoisotopic (exact) mass is 346 g/mol. The Bertz CT molecular complexity index is 584. The van der Waals surface area contributed by atoms with Crippen LogP contribution in [0, 0.1) is 40.4 Å². The van der Waals surface area contributed by atoms with Crippen molar-refractivity contribution in [2.75, 3.05) is 0 Å². The van der Waals surface area contributed by atoms with E-state index in [-0.39, 0.29) is 23.4 Å². The SMILES string of the molecule is CC(=O)O[C@@H]1CC[C@@]2(C)[C@@H](CC[C@@H]3[C@@H]2CC[C@]2(C)C(=O)[C@@H](C)C[C@@H]32)C1. The van der Waals surface area contributed by atoms with Gasteiger partial charge in [-0.25, -0.2) is 0 Å². The van der Waals surface area contributed by atoms with Gasteiger partial charge in [-0.05, 0) is 80.5 Å². The van der Waals surface area contributed by atoms with Crippen LogP contribution in [0.25, 0.3) is 0 Å². The topological polar surface area (TPSA) is 43.4 Å². The van der Waals surface area contributed by atoms with Gasteiger partial charge in [0, 0.05) is 18.3 Å². The summed E-state index contributed by atoms with van der Waals surface area (Å²) in [5, 5.41) is 0. The lowest BCUT2D eigenvalue weighted by atomic mass is 9.45. The molecule has 0 aromatic rings. The summed E-state index contributed by atoms with van der Waals surface area (Å²) < 4.78 is 5.55. The summed E-state index contributed by atoms with van der Waals surface area (Å²) in [5.74, 6) is 3.47. The number of hydrogen-bond acceptors (Lipinski definition) is 3. The number of ether oxygens (including phenoxy) is 1. The zero-order valence-electron chi connectivity index (χ0n) is 16.3. The van der Waals surface area contributed by atoms with E-state index < -0.39 is 0 Å². The Kier molecular flexibility index (Phi) is 4.09. The van der Waals surface area contributed by atoms with Crippen molar-refractivity contribution < 1.29 is 14.3 Å². The third-order valence-corrected chi connectivity index (χ3v) is 8.96. The zero-order chi connectivity index (χ0) is 18.0. The van der Waals surface area contributed by atoms with Gasteiger partial charge in [0.25, 0.3) is 0 Å². The molecule has 0 N–H and O–H groups in total. The molecule has 0 aromatic heterocycles. The predicted octanol–water partition coefficient (Wildman–Crippen LogP) is 4.78. The Morgan fingerprint density at radius 3 is 2.52 bits per heavy atom. The van der Waals surface area contributed by atoms with Gasteiger partial charge in [0.1, 0.15) is 11.9 Å². The van der Waals surface area contributed by atoms with Crippen LogP contribution in [0.2, 0.25) is 0 Å². The van der Waals surface area contributed by atoms with Gasteiger partial charge in [-0.1, -0.05) is 20.8 Å². The molecule has 4 aliphatic carbocycles. The van der Waals surface area contributed by atoms with Crippen molar-refractivity contribution >= 4 is 11.8 Å². The van der Waals surface area contributed by atoms with Gasteiger partial charge >= 0.3 is 5.97 Å². The van der Waals surface area contributed by atoms with Crippen molar-refractivity contribution in [3.8, 4) is 0 Å². The number of Topliss-reactive ketones (excluding diaryl/α,β-unsaturated/α-hetero) is 1. The highest BCUT2D eigenvalue weighted by Gasteiger charge is 2.61. The maximum absolute atomic E-state index is 12.8. The summed E-state index contributed by atoms with van der Waals surface area (Å²) in [6.45, 7) is 8.47. The molecule has 0 amide bonds. The first kappa shape index (κ1) is 17.5. The van der Waals surface area contributed by atoms with E-state index in [0.717, 1.165) is 37.5 Å². The van der Waals surface area contributed by atoms with Gasteiger partial charge in [0.05, 0.1) is 0 Å². The first-order valence-corrected chi connectivity index (χ1v) is 10.5. The van der Waals surface area contributed by atoms with E-state index in [9.17, 15) is 9.59 Å². The number of esters is 1. The Morgan fingerprint density at radius 1 is 1.04 bits per heavy atom. The van der Waals surface area contributed by atoms with E-state index in [0.29, 0.717) is 23.0 Å². The van der Waals surface area contributed by atoms with Gasteiger partial charge in [-0.3, -0.25) is 9.59 Å². The highest BCUT2D eigenvalue weighted by Crippen LogP contribution is 2.66. The summed E-state index contributed by atoms with van der Waals surface area (Å²) in [7, 11) is 0. The van der Waals surface area contributed by atoms with Crippen LogP contribution in [0.4, 0.5) is 0 Å². The number of fused-ring (bicyclic) bond motifs is 5. The summed E-state index contributed by atoms with van der Waals surface area (Å²) in [6, 6.07) is 0. The molecule has 0 bridgehead atoms. The number of ketones is 1. The van der Waals surface area contributed by atoms with Gasteiger partial charge in [-0.2, -0.15) is 0 Å². The second kappa shape index (κ2) is 5.82. The van der Waals surface area contributed by atoms with Crippen molar-refractivity contribution in [3.05, 3.63) is 0 Å². The smallest absolute Gasteiger partial charge is 0.302 e. The Balaban J connectivity index is 1.55. The molecular formula is C22H34O3. The van der Waals surface area contributed by atoms with E-state index in [1.807, 2.05) is 0 Å². The molecule has 4 fully saturated rings. The molecule has 4 saturated carbocycles. The molecule has 0 aliphatic heterocycles. The second-order valence-electron chi connectivity index (χ2n) is 10.1. The lowest BCUT2D eigenvalue weighted by Crippen LogP contribution is -2.54. The predicted molar refractivity (Wildman–Crippen MR) is 96.8 cm³/mol. The van der Waals surface area contributed by atoms with Crippen LogP contribution in [0.3, 0.4) is 0 Å². The van der Waals surface area contributed by atoms with E-state index in [1.54, 1.807) is 0 Å². The molecule has 4 aliphatic rings. The highest BCUT2D eigenvalue weighted by molar-refractivity contribution is 5.89. The molecule has 0 saturated heterocycles. The highest BCUT2D eigenvalue weighted by atomic mass is 16.5. The maximum atomic E-state index is 12.8. The van der Waals surface area contributed by atoms with Gasteiger partial charge in [-0.15, -0.1) is 0 Å². The minimum atomic E-state index is -0.130. The Labute approximate surface area is 152 Å². The lowest BCUT2D eigenvalue weighted by Gasteiger charge is -2.60. The third kappa shape index (κ3) is 2.51. The van der Waals surface area contributed by atoms with Crippen LogP contribution in [0.15, 0.2) is 0 Å². The van der Waals surface area contributed by atoms with Crippen molar-refractivity contribution in [1.82, 2.24) is 0 Å². The molecule has 0 spiro atoms. The molecule has 0 aromatic carbocycles. The van der Waals surface area contributed by atoms with Crippen LogP contribution >= 0.6 is 0 Å². The molecule has 3 heteroatoms. The molecule has 3 nitrogen and oxygen atoms in total. The van der Waals surface area contributed by atoms with Crippen molar-refractivity contribution in [3.63, 3.8) is 0 Å². The first-order chi connectivity index (χ1) is 11.8. The van der Waals surface area contributed by atoms with E-state index >= 15 is 0 Å². The van der Waals surface area contributed by atoms with Gasteiger partial charge in [0.2, 0.25) is 0 Å². The maximum Gasteiger partial charge on any atom is 0.302 e. The lowest BCUT2D eigenvalue weighted by molar-refractivity contribution is -0.160. The quantitative estimate of drug-likeness (QED) is 0.642. The average Bonchev–Trinajstić information content (AvgIpc) is 2.78. The fraction of sp³-hybridized carbons (Fsp3) is 0.909.